The van der Waals surface area contributed by atoms with Gasteiger partial charge in [0.1, 0.15) is 11.6 Å². The summed E-state index contributed by atoms with van der Waals surface area (Å²) < 4.78 is 23.6. The minimum atomic E-state index is -0.300. The first kappa shape index (κ1) is 17.1. The largest absolute Gasteiger partial charge is 0.485 e. The van der Waals surface area contributed by atoms with E-state index in [2.05, 4.69) is 34.1 Å². The highest BCUT2D eigenvalue weighted by molar-refractivity contribution is 5.25. The van der Waals surface area contributed by atoms with E-state index in [-0.39, 0.29) is 12.4 Å². The maximum absolute atomic E-state index is 12.9. The fraction of sp³-hybridized carbons (Fsp3) is 0.263. The number of ether oxygens (including phenoxy) is 1. The lowest BCUT2D eigenvalue weighted by Gasteiger charge is -2.15. The van der Waals surface area contributed by atoms with Crippen LogP contribution in [-0.4, -0.2) is 22.1 Å². The fourth-order valence-electron chi connectivity index (χ4n) is 2.46. The number of hydrogen-bond donors (Lipinski definition) is 0. The molecule has 6 heteroatoms. The molecule has 1 aromatic heterocycles. The summed E-state index contributed by atoms with van der Waals surface area (Å²) in [5.41, 5.74) is 2.53. The molecule has 0 aliphatic rings. The van der Waals surface area contributed by atoms with E-state index in [1.807, 2.05) is 19.2 Å². The topological polar surface area (TPSA) is 51.4 Å². The van der Waals surface area contributed by atoms with E-state index in [1.54, 1.807) is 12.1 Å². The molecule has 3 rings (SSSR count). The van der Waals surface area contributed by atoms with Crippen molar-refractivity contribution < 1.29 is 13.7 Å². The highest BCUT2D eigenvalue weighted by Crippen LogP contribution is 2.14. The summed E-state index contributed by atoms with van der Waals surface area (Å²) >= 11 is 0. The zero-order valence-electron chi connectivity index (χ0n) is 14.3. The molecular formula is C19H20FN3O2. The predicted molar refractivity (Wildman–Crippen MR) is 91.4 cm³/mol. The van der Waals surface area contributed by atoms with Gasteiger partial charge in [0.2, 0.25) is 11.7 Å². The zero-order valence-corrected chi connectivity index (χ0v) is 14.3. The summed E-state index contributed by atoms with van der Waals surface area (Å²) in [5.74, 6) is 1.26. The van der Waals surface area contributed by atoms with Crippen molar-refractivity contribution in [2.75, 3.05) is 7.05 Å². The number of halogens is 1. The average Bonchev–Trinajstić information content (AvgIpc) is 3.04. The van der Waals surface area contributed by atoms with Gasteiger partial charge in [-0.05, 0) is 49.4 Å². The fourth-order valence-corrected chi connectivity index (χ4v) is 2.46. The van der Waals surface area contributed by atoms with Gasteiger partial charge in [-0.3, -0.25) is 4.90 Å². The van der Waals surface area contributed by atoms with Crippen molar-refractivity contribution in [2.24, 2.45) is 0 Å². The highest BCUT2D eigenvalue weighted by Gasteiger charge is 2.11. The molecule has 0 aliphatic heterocycles. The first-order valence-electron chi connectivity index (χ1n) is 8.03. The molecule has 0 atom stereocenters. The molecule has 3 aromatic rings. The standard InChI is InChI=1S/C19H20FN3O2/c1-14-5-3-4-6-15(14)11-23(2)12-19-21-18(22-25-19)13-24-17-9-7-16(20)8-10-17/h3-10H,11-13H2,1-2H3. The molecule has 5 nitrogen and oxygen atoms in total. The molecule has 0 N–H and O–H groups in total. The normalized spacial score (nSPS) is 11.0. The van der Waals surface area contributed by atoms with Crippen LogP contribution in [0.4, 0.5) is 4.39 Å². The van der Waals surface area contributed by atoms with Crippen LogP contribution in [0.25, 0.3) is 0 Å². The Bertz CT molecular complexity index is 818. The van der Waals surface area contributed by atoms with Gasteiger partial charge >= 0.3 is 0 Å². The number of nitrogens with zero attached hydrogens (tertiary/aromatic N) is 3. The minimum absolute atomic E-state index is 0.177. The molecule has 2 aromatic carbocycles. The van der Waals surface area contributed by atoms with E-state index >= 15 is 0 Å². The number of rotatable bonds is 7. The maximum atomic E-state index is 12.9. The van der Waals surface area contributed by atoms with Crippen LogP contribution in [-0.2, 0) is 19.7 Å². The molecular weight excluding hydrogens is 321 g/mol. The summed E-state index contributed by atoms with van der Waals surface area (Å²) in [4.78, 5) is 6.44. The van der Waals surface area contributed by atoms with Crippen LogP contribution >= 0.6 is 0 Å². The Morgan fingerprint density at radius 2 is 1.84 bits per heavy atom. The van der Waals surface area contributed by atoms with Gasteiger partial charge in [0.05, 0.1) is 6.54 Å². The lowest BCUT2D eigenvalue weighted by atomic mass is 10.1. The molecule has 0 bridgehead atoms. The Morgan fingerprint density at radius 1 is 1.08 bits per heavy atom. The lowest BCUT2D eigenvalue weighted by Crippen LogP contribution is -2.18. The Balaban J connectivity index is 1.52. The van der Waals surface area contributed by atoms with Gasteiger partial charge in [-0.25, -0.2) is 4.39 Å². The van der Waals surface area contributed by atoms with Gasteiger partial charge in [-0.2, -0.15) is 4.98 Å². The number of hydrogen-bond acceptors (Lipinski definition) is 5. The predicted octanol–water partition coefficient (Wildman–Crippen LogP) is 3.73. The van der Waals surface area contributed by atoms with Crippen molar-refractivity contribution >= 4 is 0 Å². The number of aryl methyl sites for hydroxylation is 1. The van der Waals surface area contributed by atoms with Crippen LogP contribution in [0.15, 0.2) is 53.1 Å². The first-order valence-corrected chi connectivity index (χ1v) is 8.03. The van der Waals surface area contributed by atoms with Gasteiger partial charge in [0.25, 0.3) is 0 Å². The Morgan fingerprint density at radius 3 is 2.60 bits per heavy atom. The van der Waals surface area contributed by atoms with Gasteiger partial charge in [0, 0.05) is 6.54 Å². The monoisotopic (exact) mass is 341 g/mol. The molecule has 1 heterocycles. The SMILES string of the molecule is Cc1ccccc1CN(C)Cc1nc(COc2ccc(F)cc2)no1. The molecule has 0 radical (unpaired) electrons. The molecule has 0 saturated carbocycles. The van der Waals surface area contributed by atoms with Crippen LogP contribution in [0.3, 0.4) is 0 Å². The second-order valence-corrected chi connectivity index (χ2v) is 5.95. The summed E-state index contributed by atoms with van der Waals surface area (Å²) in [6.07, 6.45) is 0. The van der Waals surface area contributed by atoms with E-state index in [0.717, 1.165) is 6.54 Å². The van der Waals surface area contributed by atoms with Crippen LogP contribution in [0.2, 0.25) is 0 Å². The van der Waals surface area contributed by atoms with E-state index in [4.69, 9.17) is 9.26 Å². The van der Waals surface area contributed by atoms with Crippen molar-refractivity contribution in [2.45, 2.75) is 26.6 Å². The molecule has 25 heavy (non-hydrogen) atoms. The molecule has 0 fully saturated rings. The summed E-state index contributed by atoms with van der Waals surface area (Å²) in [7, 11) is 2.01. The van der Waals surface area contributed by atoms with Crippen LogP contribution in [0, 0.1) is 12.7 Å². The quantitative estimate of drug-likeness (QED) is 0.655. The summed E-state index contributed by atoms with van der Waals surface area (Å²) in [6.45, 7) is 3.63. The van der Waals surface area contributed by atoms with E-state index in [1.165, 1.54) is 23.3 Å². The first-order chi connectivity index (χ1) is 12.1. The second-order valence-electron chi connectivity index (χ2n) is 5.95. The molecule has 0 saturated heterocycles. The Hall–Kier alpha value is -2.73. The average molecular weight is 341 g/mol. The zero-order chi connectivity index (χ0) is 17.6. The van der Waals surface area contributed by atoms with Gasteiger partial charge < -0.3 is 9.26 Å². The third-order valence-electron chi connectivity index (χ3n) is 3.80. The lowest BCUT2D eigenvalue weighted by molar-refractivity contribution is 0.256. The summed E-state index contributed by atoms with van der Waals surface area (Å²) in [6, 6.07) is 14.1. The van der Waals surface area contributed by atoms with Crippen LogP contribution in [0.1, 0.15) is 22.8 Å². The van der Waals surface area contributed by atoms with Crippen molar-refractivity contribution in [1.29, 1.82) is 0 Å². The van der Waals surface area contributed by atoms with E-state index in [9.17, 15) is 4.39 Å². The minimum Gasteiger partial charge on any atom is -0.485 e. The highest BCUT2D eigenvalue weighted by atomic mass is 19.1. The van der Waals surface area contributed by atoms with Gasteiger partial charge in [-0.15, -0.1) is 0 Å². The molecule has 0 aliphatic carbocycles. The third-order valence-corrected chi connectivity index (χ3v) is 3.80. The van der Waals surface area contributed by atoms with Crippen molar-refractivity contribution in [3.05, 3.63) is 77.2 Å². The second kappa shape index (κ2) is 7.90. The number of benzene rings is 2. The van der Waals surface area contributed by atoms with Crippen LogP contribution in [0.5, 0.6) is 5.75 Å². The third kappa shape index (κ3) is 4.87. The molecule has 0 unspecified atom stereocenters. The van der Waals surface area contributed by atoms with E-state index in [0.29, 0.717) is 24.0 Å². The number of aromatic nitrogens is 2. The van der Waals surface area contributed by atoms with Crippen molar-refractivity contribution in [3.63, 3.8) is 0 Å². The van der Waals surface area contributed by atoms with Gasteiger partial charge in [-0.1, -0.05) is 29.4 Å². The summed E-state index contributed by atoms with van der Waals surface area (Å²) in [5, 5.41) is 3.91. The van der Waals surface area contributed by atoms with Crippen molar-refractivity contribution in [1.82, 2.24) is 15.0 Å². The van der Waals surface area contributed by atoms with Crippen LogP contribution < -0.4 is 4.74 Å². The maximum Gasteiger partial charge on any atom is 0.240 e. The molecule has 130 valence electrons. The van der Waals surface area contributed by atoms with Crippen molar-refractivity contribution in [3.8, 4) is 5.75 Å². The Kier molecular flexibility index (Phi) is 5.40. The molecule has 0 amide bonds. The Labute approximate surface area is 146 Å². The van der Waals surface area contributed by atoms with Gasteiger partial charge in [0.15, 0.2) is 6.61 Å². The molecule has 0 spiro atoms. The smallest absolute Gasteiger partial charge is 0.240 e. The van der Waals surface area contributed by atoms with E-state index < -0.39 is 0 Å².